The summed E-state index contributed by atoms with van der Waals surface area (Å²) in [6, 6.07) is 1.45. The number of carbonyl (C=O) groups excluding carboxylic acids is 1. The molecule has 1 aromatic rings. The Hall–Kier alpha value is -1.01. The molecule has 1 aromatic heterocycles. The second-order valence-corrected chi connectivity index (χ2v) is 7.68. The third kappa shape index (κ3) is 3.17. The molecule has 1 unspecified atom stereocenters. The number of hydrogen-bond donors (Lipinski definition) is 0. The third-order valence-corrected chi connectivity index (χ3v) is 4.99. The predicted molar refractivity (Wildman–Crippen MR) is 75.5 cm³/mol. The zero-order valence-corrected chi connectivity index (χ0v) is 13.1. The van der Waals surface area contributed by atoms with Crippen molar-refractivity contribution < 1.29 is 17.9 Å². The molecular weight excluding hydrogens is 302 g/mol. The van der Waals surface area contributed by atoms with Crippen LogP contribution in [0.25, 0.3) is 0 Å². The van der Waals surface area contributed by atoms with Gasteiger partial charge in [0.25, 0.3) is 9.05 Å². The Kier molecular flexibility index (Phi) is 4.44. The summed E-state index contributed by atoms with van der Waals surface area (Å²) in [5.41, 5.74) is 0.259. The van der Waals surface area contributed by atoms with Crippen molar-refractivity contribution in [3.05, 3.63) is 18.0 Å². The highest BCUT2D eigenvalue weighted by Gasteiger charge is 2.28. The lowest BCUT2D eigenvalue weighted by Crippen LogP contribution is -2.23. The van der Waals surface area contributed by atoms with Crippen LogP contribution in [0, 0.1) is 0 Å². The molecule has 1 saturated carbocycles. The van der Waals surface area contributed by atoms with Gasteiger partial charge in [0.2, 0.25) is 0 Å². The van der Waals surface area contributed by atoms with Gasteiger partial charge in [-0.1, -0.05) is 6.92 Å². The molecule has 2 rings (SSSR count). The van der Waals surface area contributed by atoms with Crippen LogP contribution in [-0.4, -0.2) is 25.1 Å². The summed E-state index contributed by atoms with van der Waals surface area (Å²) in [5.74, 6) is -0.502. The number of rotatable bonds is 5. The molecule has 1 atom stereocenters. The zero-order valence-electron chi connectivity index (χ0n) is 11.5. The minimum Gasteiger partial charge on any atom is -0.458 e. The summed E-state index contributed by atoms with van der Waals surface area (Å²) in [4.78, 5) is 12.1. The van der Waals surface area contributed by atoms with E-state index in [1.165, 1.54) is 12.3 Å². The molecule has 5 nitrogen and oxygen atoms in total. The summed E-state index contributed by atoms with van der Waals surface area (Å²) < 4.78 is 29.8. The van der Waals surface area contributed by atoms with Crippen LogP contribution in [0.3, 0.4) is 0 Å². The molecule has 0 amide bonds. The molecule has 0 aromatic carbocycles. The number of carbonyl (C=O) groups is 1. The topological polar surface area (TPSA) is 65.4 Å². The van der Waals surface area contributed by atoms with Gasteiger partial charge in [0.1, 0.15) is 10.6 Å². The molecule has 1 heterocycles. The van der Waals surface area contributed by atoms with Gasteiger partial charge >= 0.3 is 5.97 Å². The van der Waals surface area contributed by atoms with Gasteiger partial charge in [0, 0.05) is 22.9 Å². The van der Waals surface area contributed by atoms with Crippen molar-refractivity contribution in [3.8, 4) is 0 Å². The van der Waals surface area contributed by atoms with Crippen molar-refractivity contribution in [2.75, 3.05) is 0 Å². The van der Waals surface area contributed by atoms with Crippen molar-refractivity contribution in [1.29, 1.82) is 0 Å². The number of hydrogen-bond acceptors (Lipinski definition) is 4. The lowest BCUT2D eigenvalue weighted by atomic mass is 9.93. The largest absolute Gasteiger partial charge is 0.458 e. The maximum atomic E-state index is 12.1. The Labute approximate surface area is 123 Å². The first-order chi connectivity index (χ1) is 9.32. The van der Waals surface area contributed by atoms with Crippen LogP contribution in [-0.2, 0) is 13.8 Å². The molecule has 0 bridgehead atoms. The predicted octanol–water partition coefficient (Wildman–Crippen LogP) is 3.10. The number of nitrogens with zero attached hydrogens (tertiary/aromatic N) is 1. The van der Waals surface area contributed by atoms with E-state index in [0.29, 0.717) is 6.42 Å². The van der Waals surface area contributed by atoms with Crippen LogP contribution in [0.15, 0.2) is 17.2 Å². The fourth-order valence-corrected chi connectivity index (χ4v) is 2.79. The van der Waals surface area contributed by atoms with Gasteiger partial charge in [-0.15, -0.1) is 0 Å². The van der Waals surface area contributed by atoms with Crippen LogP contribution in [0.1, 0.15) is 56.1 Å². The molecule has 0 saturated heterocycles. The molecule has 1 aliphatic rings. The molecule has 0 spiro atoms. The second-order valence-electron chi connectivity index (χ2n) is 5.12. The summed E-state index contributed by atoms with van der Waals surface area (Å²) in [7, 11) is 1.51. The van der Waals surface area contributed by atoms with Crippen molar-refractivity contribution in [1.82, 2.24) is 4.57 Å². The van der Waals surface area contributed by atoms with Gasteiger partial charge in [0.15, 0.2) is 0 Å². The molecule has 1 aliphatic carbocycles. The standard InChI is InChI=1S/C13H18ClNO4S/c1-3-9(2)19-13(16)12-7-11(20(14,17)18)8-15(12)10-5-4-6-10/h7-10H,3-6H2,1-2H3. The van der Waals surface area contributed by atoms with Gasteiger partial charge in [0.05, 0.1) is 6.10 Å². The lowest BCUT2D eigenvalue weighted by Gasteiger charge is -2.28. The van der Waals surface area contributed by atoms with Gasteiger partial charge < -0.3 is 9.30 Å². The summed E-state index contributed by atoms with van der Waals surface area (Å²) in [5, 5.41) is 0. The average Bonchev–Trinajstić information content (AvgIpc) is 2.71. The highest BCUT2D eigenvalue weighted by Crippen LogP contribution is 2.35. The first-order valence-electron chi connectivity index (χ1n) is 6.70. The summed E-state index contributed by atoms with van der Waals surface area (Å²) in [6.45, 7) is 3.71. The summed E-state index contributed by atoms with van der Waals surface area (Å²) in [6.07, 6.45) is 4.87. The zero-order chi connectivity index (χ0) is 14.9. The van der Waals surface area contributed by atoms with Gasteiger partial charge in [-0.05, 0) is 38.7 Å². The van der Waals surface area contributed by atoms with Gasteiger partial charge in [-0.25, -0.2) is 13.2 Å². The molecule has 1 fully saturated rings. The highest BCUT2D eigenvalue weighted by molar-refractivity contribution is 8.13. The Morgan fingerprint density at radius 1 is 1.55 bits per heavy atom. The first-order valence-corrected chi connectivity index (χ1v) is 9.01. The van der Waals surface area contributed by atoms with E-state index in [9.17, 15) is 13.2 Å². The molecule has 0 N–H and O–H groups in total. The normalized spacial score (nSPS) is 17.6. The molecular formula is C13H18ClNO4S. The average molecular weight is 320 g/mol. The van der Waals surface area contributed by atoms with Crippen molar-refractivity contribution in [3.63, 3.8) is 0 Å². The molecule has 0 radical (unpaired) electrons. The SMILES string of the molecule is CCC(C)OC(=O)c1cc(S(=O)(=O)Cl)cn1C1CCC1. The molecule has 20 heavy (non-hydrogen) atoms. The number of halogens is 1. The first kappa shape index (κ1) is 15.4. The van der Waals surface area contributed by atoms with Crippen LogP contribution in [0.2, 0.25) is 0 Å². The Morgan fingerprint density at radius 2 is 2.20 bits per heavy atom. The van der Waals surface area contributed by atoms with E-state index in [4.69, 9.17) is 15.4 Å². The van der Waals surface area contributed by atoms with E-state index in [0.717, 1.165) is 19.3 Å². The van der Waals surface area contributed by atoms with Crippen LogP contribution in [0.5, 0.6) is 0 Å². The minimum atomic E-state index is -3.85. The van der Waals surface area contributed by atoms with E-state index in [1.54, 1.807) is 11.5 Å². The molecule has 0 aliphatic heterocycles. The fourth-order valence-electron chi connectivity index (χ4n) is 2.04. The minimum absolute atomic E-state index is 0.0535. The van der Waals surface area contributed by atoms with Crippen LogP contribution >= 0.6 is 10.7 Å². The fraction of sp³-hybridized carbons (Fsp3) is 0.615. The Bertz CT molecular complexity index is 604. The quantitative estimate of drug-likeness (QED) is 0.618. The van der Waals surface area contributed by atoms with E-state index < -0.39 is 15.0 Å². The Morgan fingerprint density at radius 3 is 2.65 bits per heavy atom. The smallest absolute Gasteiger partial charge is 0.355 e. The maximum Gasteiger partial charge on any atom is 0.355 e. The monoisotopic (exact) mass is 319 g/mol. The van der Waals surface area contributed by atoms with Gasteiger partial charge in [-0.3, -0.25) is 0 Å². The van der Waals surface area contributed by atoms with E-state index in [-0.39, 0.29) is 22.7 Å². The summed E-state index contributed by atoms with van der Waals surface area (Å²) >= 11 is 0. The number of aromatic nitrogens is 1. The third-order valence-electron chi connectivity index (χ3n) is 3.67. The van der Waals surface area contributed by atoms with Crippen molar-refractivity contribution >= 4 is 25.7 Å². The Balaban J connectivity index is 2.34. The number of esters is 1. The van der Waals surface area contributed by atoms with Crippen molar-refractivity contribution in [2.45, 2.75) is 56.6 Å². The second kappa shape index (κ2) is 5.77. The van der Waals surface area contributed by atoms with E-state index >= 15 is 0 Å². The van der Waals surface area contributed by atoms with Crippen molar-refractivity contribution in [2.24, 2.45) is 0 Å². The van der Waals surface area contributed by atoms with Gasteiger partial charge in [-0.2, -0.15) is 0 Å². The number of ether oxygens (including phenoxy) is 1. The maximum absolute atomic E-state index is 12.1. The van der Waals surface area contributed by atoms with E-state index in [2.05, 4.69) is 0 Å². The molecule has 112 valence electrons. The highest BCUT2D eigenvalue weighted by atomic mass is 35.7. The van der Waals surface area contributed by atoms with Crippen LogP contribution < -0.4 is 0 Å². The van der Waals surface area contributed by atoms with E-state index in [1.807, 2.05) is 6.92 Å². The lowest BCUT2D eigenvalue weighted by molar-refractivity contribution is 0.0316. The molecule has 7 heteroatoms. The van der Waals surface area contributed by atoms with Crippen LogP contribution in [0.4, 0.5) is 0 Å².